The lowest BCUT2D eigenvalue weighted by Gasteiger charge is -2.07. The van der Waals surface area contributed by atoms with Crippen molar-refractivity contribution in [3.05, 3.63) is 30.1 Å². The number of hydrogen-bond acceptors (Lipinski definition) is 4. The number of nitrogen functional groups attached to an aromatic ring is 1. The van der Waals surface area contributed by atoms with E-state index in [0.29, 0.717) is 23.8 Å². The van der Waals surface area contributed by atoms with Crippen LogP contribution in [0.15, 0.2) is 18.6 Å². The van der Waals surface area contributed by atoms with E-state index in [9.17, 15) is 4.79 Å². The van der Waals surface area contributed by atoms with Crippen LogP contribution >= 0.6 is 0 Å². The zero-order chi connectivity index (χ0) is 13.8. The van der Waals surface area contributed by atoms with Crippen LogP contribution in [0.2, 0.25) is 0 Å². The fraction of sp³-hybridized carbons (Fsp3) is 0.417. The molecule has 0 aromatic carbocycles. The van der Waals surface area contributed by atoms with Gasteiger partial charge >= 0.3 is 0 Å². The predicted octanol–water partition coefficient (Wildman–Crippen LogP) is 0.539. The Morgan fingerprint density at radius 3 is 2.95 bits per heavy atom. The van der Waals surface area contributed by atoms with Crippen LogP contribution in [-0.2, 0) is 20.1 Å². The number of nitrogens with one attached hydrogen (secondary N) is 1. The molecule has 0 unspecified atom stereocenters. The van der Waals surface area contributed by atoms with Crippen molar-refractivity contribution in [1.82, 2.24) is 24.6 Å². The van der Waals surface area contributed by atoms with Crippen molar-refractivity contribution < 1.29 is 4.79 Å². The summed E-state index contributed by atoms with van der Waals surface area (Å²) in [7, 11) is 1.78. The SMILES string of the molecule is CCCn1cc(N)cc1C(=O)NCc1ncn(C)n1. The Morgan fingerprint density at radius 2 is 2.32 bits per heavy atom. The first-order valence-electron chi connectivity index (χ1n) is 6.18. The van der Waals surface area contributed by atoms with E-state index in [-0.39, 0.29) is 5.91 Å². The van der Waals surface area contributed by atoms with E-state index in [1.165, 1.54) is 0 Å². The number of nitrogens with two attached hydrogens (primary N) is 1. The summed E-state index contributed by atoms with van der Waals surface area (Å²) in [5, 5.41) is 6.89. The van der Waals surface area contributed by atoms with E-state index in [1.54, 1.807) is 30.3 Å². The van der Waals surface area contributed by atoms with Crippen LogP contribution < -0.4 is 11.1 Å². The highest BCUT2D eigenvalue weighted by Crippen LogP contribution is 2.11. The van der Waals surface area contributed by atoms with Crippen molar-refractivity contribution in [3.63, 3.8) is 0 Å². The van der Waals surface area contributed by atoms with Gasteiger partial charge in [-0.3, -0.25) is 9.48 Å². The van der Waals surface area contributed by atoms with E-state index < -0.39 is 0 Å². The molecule has 0 atom stereocenters. The second-order valence-corrected chi connectivity index (χ2v) is 4.37. The first-order valence-corrected chi connectivity index (χ1v) is 6.18. The summed E-state index contributed by atoms with van der Waals surface area (Å²) in [4.78, 5) is 16.1. The Morgan fingerprint density at radius 1 is 1.53 bits per heavy atom. The number of carbonyl (C=O) groups excluding carboxylic acids is 1. The second-order valence-electron chi connectivity index (χ2n) is 4.37. The predicted molar refractivity (Wildman–Crippen MR) is 71.3 cm³/mol. The van der Waals surface area contributed by atoms with Crippen LogP contribution in [0.3, 0.4) is 0 Å². The Kier molecular flexibility index (Phi) is 3.84. The molecule has 2 aromatic rings. The third kappa shape index (κ3) is 3.12. The minimum Gasteiger partial charge on any atom is -0.397 e. The molecule has 102 valence electrons. The third-order valence-corrected chi connectivity index (χ3v) is 2.67. The second kappa shape index (κ2) is 5.55. The molecule has 0 aliphatic rings. The summed E-state index contributed by atoms with van der Waals surface area (Å²) in [6, 6.07) is 1.68. The molecule has 1 amide bonds. The number of aromatic nitrogens is 4. The largest absolute Gasteiger partial charge is 0.397 e. The quantitative estimate of drug-likeness (QED) is 0.822. The van der Waals surface area contributed by atoms with E-state index in [1.807, 2.05) is 4.57 Å². The van der Waals surface area contributed by atoms with Gasteiger partial charge in [0.05, 0.1) is 12.2 Å². The molecule has 0 fully saturated rings. The first-order chi connectivity index (χ1) is 9.10. The lowest BCUT2D eigenvalue weighted by atomic mass is 10.3. The number of hydrogen-bond donors (Lipinski definition) is 2. The van der Waals surface area contributed by atoms with Crippen molar-refractivity contribution in [2.75, 3.05) is 5.73 Å². The lowest BCUT2D eigenvalue weighted by Crippen LogP contribution is -2.26. The topological polar surface area (TPSA) is 90.8 Å². The molecule has 0 bridgehead atoms. The number of rotatable bonds is 5. The molecular weight excluding hydrogens is 244 g/mol. The highest BCUT2D eigenvalue weighted by atomic mass is 16.1. The number of amides is 1. The van der Waals surface area contributed by atoms with Crippen molar-refractivity contribution >= 4 is 11.6 Å². The number of aryl methyl sites for hydroxylation is 2. The number of anilines is 1. The molecule has 0 aliphatic heterocycles. The molecule has 2 heterocycles. The summed E-state index contributed by atoms with van der Waals surface area (Å²) in [5.74, 6) is 0.412. The summed E-state index contributed by atoms with van der Waals surface area (Å²) < 4.78 is 3.45. The van der Waals surface area contributed by atoms with Crippen LogP contribution in [0.4, 0.5) is 5.69 Å². The van der Waals surface area contributed by atoms with Crippen molar-refractivity contribution in [2.45, 2.75) is 26.4 Å². The van der Waals surface area contributed by atoms with E-state index in [4.69, 9.17) is 5.73 Å². The lowest BCUT2D eigenvalue weighted by molar-refractivity contribution is 0.0940. The third-order valence-electron chi connectivity index (χ3n) is 2.67. The van der Waals surface area contributed by atoms with Gasteiger partial charge in [0.15, 0.2) is 5.82 Å². The van der Waals surface area contributed by atoms with Gasteiger partial charge in [-0.2, -0.15) is 5.10 Å². The van der Waals surface area contributed by atoms with E-state index in [2.05, 4.69) is 22.3 Å². The molecular formula is C12H18N6O. The van der Waals surface area contributed by atoms with Gasteiger partial charge in [-0.25, -0.2) is 4.98 Å². The monoisotopic (exact) mass is 262 g/mol. The highest BCUT2D eigenvalue weighted by molar-refractivity contribution is 5.93. The van der Waals surface area contributed by atoms with Gasteiger partial charge < -0.3 is 15.6 Å². The summed E-state index contributed by atoms with van der Waals surface area (Å²) in [5.41, 5.74) is 6.89. The highest BCUT2D eigenvalue weighted by Gasteiger charge is 2.12. The summed E-state index contributed by atoms with van der Waals surface area (Å²) >= 11 is 0. The Bertz CT molecular complexity index is 571. The fourth-order valence-electron chi connectivity index (χ4n) is 1.86. The molecule has 19 heavy (non-hydrogen) atoms. The van der Waals surface area contributed by atoms with Crippen molar-refractivity contribution in [2.24, 2.45) is 7.05 Å². The minimum atomic E-state index is -0.169. The van der Waals surface area contributed by atoms with Crippen molar-refractivity contribution in [1.29, 1.82) is 0 Å². The van der Waals surface area contributed by atoms with Gasteiger partial charge in [-0.05, 0) is 12.5 Å². The molecule has 0 aliphatic carbocycles. The van der Waals surface area contributed by atoms with Gasteiger partial charge in [-0.1, -0.05) is 6.92 Å². The van der Waals surface area contributed by atoms with E-state index >= 15 is 0 Å². The maximum Gasteiger partial charge on any atom is 0.268 e. The van der Waals surface area contributed by atoms with E-state index in [0.717, 1.165) is 13.0 Å². The van der Waals surface area contributed by atoms with Gasteiger partial charge in [0.1, 0.15) is 12.0 Å². The summed E-state index contributed by atoms with van der Waals surface area (Å²) in [6.07, 6.45) is 4.31. The van der Waals surface area contributed by atoms with Crippen LogP contribution in [0.25, 0.3) is 0 Å². The molecule has 0 radical (unpaired) electrons. The molecule has 7 heteroatoms. The van der Waals surface area contributed by atoms with Crippen LogP contribution in [0.5, 0.6) is 0 Å². The molecule has 0 saturated carbocycles. The fourth-order valence-corrected chi connectivity index (χ4v) is 1.86. The zero-order valence-electron chi connectivity index (χ0n) is 11.1. The molecule has 7 nitrogen and oxygen atoms in total. The van der Waals surface area contributed by atoms with Gasteiger partial charge in [0, 0.05) is 19.8 Å². The average molecular weight is 262 g/mol. The maximum atomic E-state index is 12.1. The van der Waals surface area contributed by atoms with Crippen molar-refractivity contribution in [3.8, 4) is 0 Å². The van der Waals surface area contributed by atoms with Crippen LogP contribution in [0.1, 0.15) is 29.7 Å². The molecule has 0 saturated heterocycles. The first kappa shape index (κ1) is 13.1. The molecule has 0 spiro atoms. The van der Waals surface area contributed by atoms with Gasteiger partial charge in [0.25, 0.3) is 5.91 Å². The Balaban J connectivity index is 2.03. The number of carbonyl (C=O) groups is 1. The Hall–Kier alpha value is -2.31. The van der Waals surface area contributed by atoms with Gasteiger partial charge in [0.2, 0.25) is 0 Å². The zero-order valence-corrected chi connectivity index (χ0v) is 11.1. The average Bonchev–Trinajstić information content (AvgIpc) is 2.93. The maximum absolute atomic E-state index is 12.1. The normalized spacial score (nSPS) is 10.6. The Labute approximate surface area is 111 Å². The van der Waals surface area contributed by atoms with Gasteiger partial charge in [-0.15, -0.1) is 0 Å². The molecule has 3 N–H and O–H groups in total. The number of nitrogens with zero attached hydrogens (tertiary/aromatic N) is 4. The van der Waals surface area contributed by atoms with Crippen LogP contribution in [-0.4, -0.2) is 25.2 Å². The summed E-state index contributed by atoms with van der Waals surface area (Å²) in [6.45, 7) is 3.12. The smallest absolute Gasteiger partial charge is 0.268 e. The minimum absolute atomic E-state index is 0.169. The molecule has 2 rings (SSSR count). The van der Waals surface area contributed by atoms with Crippen LogP contribution in [0, 0.1) is 0 Å². The standard InChI is InChI=1S/C12H18N6O/c1-3-4-18-7-9(13)5-10(18)12(19)14-6-11-15-8-17(2)16-11/h5,7-8H,3-4,6,13H2,1-2H3,(H,14,19). The molecule has 2 aromatic heterocycles.